The van der Waals surface area contributed by atoms with Gasteiger partial charge in [-0.3, -0.25) is 0 Å². The van der Waals surface area contributed by atoms with Crippen molar-refractivity contribution >= 4 is 0 Å². The lowest BCUT2D eigenvalue weighted by Gasteiger charge is -2.11. The molecule has 0 aliphatic heterocycles. The van der Waals surface area contributed by atoms with Gasteiger partial charge in [-0.05, 0) is 30.9 Å². The summed E-state index contributed by atoms with van der Waals surface area (Å²) in [7, 11) is 0. The lowest BCUT2D eigenvalue weighted by atomic mass is 10.1. The van der Waals surface area contributed by atoms with Gasteiger partial charge in [0.15, 0.2) is 0 Å². The summed E-state index contributed by atoms with van der Waals surface area (Å²) in [4.78, 5) is 0. The SMILES string of the molecule is Cc1ccc(C)c(CNCC(C)CO)c1. The fourth-order valence-corrected chi connectivity index (χ4v) is 1.51. The predicted molar refractivity (Wildman–Crippen MR) is 63.9 cm³/mol. The quantitative estimate of drug-likeness (QED) is 0.774. The fraction of sp³-hybridized carbons (Fsp3) is 0.538. The molecule has 15 heavy (non-hydrogen) atoms. The second-order valence-corrected chi connectivity index (χ2v) is 4.35. The molecule has 84 valence electrons. The highest BCUT2D eigenvalue weighted by atomic mass is 16.3. The molecule has 2 nitrogen and oxygen atoms in total. The van der Waals surface area contributed by atoms with Gasteiger partial charge in [0.1, 0.15) is 0 Å². The lowest BCUT2D eigenvalue weighted by Crippen LogP contribution is -2.23. The van der Waals surface area contributed by atoms with E-state index < -0.39 is 0 Å². The summed E-state index contributed by atoms with van der Waals surface area (Å²) in [5.74, 6) is 0.329. The van der Waals surface area contributed by atoms with Gasteiger partial charge in [0.2, 0.25) is 0 Å². The van der Waals surface area contributed by atoms with Crippen LogP contribution in [0.3, 0.4) is 0 Å². The molecule has 0 radical (unpaired) electrons. The summed E-state index contributed by atoms with van der Waals surface area (Å²) in [6.07, 6.45) is 0. The van der Waals surface area contributed by atoms with Crippen LogP contribution in [0.25, 0.3) is 0 Å². The number of rotatable bonds is 5. The molecule has 0 aliphatic carbocycles. The molecule has 0 aliphatic rings. The minimum atomic E-state index is 0.250. The molecule has 0 saturated carbocycles. The van der Waals surface area contributed by atoms with Crippen molar-refractivity contribution in [3.8, 4) is 0 Å². The van der Waals surface area contributed by atoms with Crippen LogP contribution < -0.4 is 5.32 Å². The van der Waals surface area contributed by atoms with Crippen molar-refractivity contribution in [1.82, 2.24) is 5.32 Å². The molecule has 0 amide bonds. The Morgan fingerprint density at radius 2 is 2.07 bits per heavy atom. The van der Waals surface area contributed by atoms with Crippen molar-refractivity contribution in [1.29, 1.82) is 0 Å². The van der Waals surface area contributed by atoms with Crippen molar-refractivity contribution in [2.45, 2.75) is 27.3 Å². The van der Waals surface area contributed by atoms with Crippen molar-refractivity contribution < 1.29 is 5.11 Å². The molecular formula is C13H21NO. The maximum absolute atomic E-state index is 8.89. The number of benzene rings is 1. The normalized spacial score (nSPS) is 12.8. The molecule has 0 fully saturated rings. The summed E-state index contributed by atoms with van der Waals surface area (Å²) in [6.45, 7) is 8.28. The first kappa shape index (κ1) is 12.2. The van der Waals surface area contributed by atoms with Crippen LogP contribution >= 0.6 is 0 Å². The van der Waals surface area contributed by atoms with Crippen LogP contribution in [0.5, 0.6) is 0 Å². The summed E-state index contributed by atoms with van der Waals surface area (Å²) in [5.41, 5.74) is 3.97. The Labute approximate surface area is 92.3 Å². The van der Waals surface area contributed by atoms with Crippen LogP contribution in [-0.2, 0) is 6.54 Å². The smallest absolute Gasteiger partial charge is 0.0468 e. The van der Waals surface area contributed by atoms with Crippen LogP contribution in [0, 0.1) is 19.8 Å². The van der Waals surface area contributed by atoms with E-state index in [-0.39, 0.29) is 6.61 Å². The van der Waals surface area contributed by atoms with E-state index in [2.05, 4.69) is 37.4 Å². The Kier molecular flexibility index (Phi) is 4.79. The molecule has 2 heteroatoms. The third-order valence-corrected chi connectivity index (χ3v) is 2.62. The molecule has 1 unspecified atom stereocenters. The molecule has 1 rings (SSSR count). The van der Waals surface area contributed by atoms with Gasteiger partial charge in [-0.15, -0.1) is 0 Å². The van der Waals surface area contributed by atoms with Crippen LogP contribution in [-0.4, -0.2) is 18.3 Å². The van der Waals surface area contributed by atoms with E-state index in [1.54, 1.807) is 0 Å². The first-order chi connectivity index (χ1) is 7.13. The monoisotopic (exact) mass is 207 g/mol. The topological polar surface area (TPSA) is 32.3 Å². The van der Waals surface area contributed by atoms with Gasteiger partial charge in [-0.1, -0.05) is 30.7 Å². The molecular weight excluding hydrogens is 186 g/mol. The minimum absolute atomic E-state index is 0.250. The van der Waals surface area contributed by atoms with E-state index in [9.17, 15) is 0 Å². The van der Waals surface area contributed by atoms with Crippen LogP contribution in [0.4, 0.5) is 0 Å². The number of aliphatic hydroxyl groups excluding tert-OH is 1. The average Bonchev–Trinajstić information content (AvgIpc) is 2.23. The molecule has 2 N–H and O–H groups in total. The number of nitrogens with one attached hydrogen (secondary N) is 1. The first-order valence-electron chi connectivity index (χ1n) is 5.51. The summed E-state index contributed by atoms with van der Waals surface area (Å²) in [5, 5.41) is 12.3. The van der Waals surface area contributed by atoms with Crippen molar-refractivity contribution in [3.05, 3.63) is 34.9 Å². The standard InChI is InChI=1S/C13H21NO/c1-10-4-5-12(3)13(6-10)8-14-7-11(2)9-15/h4-6,11,14-15H,7-9H2,1-3H3. The zero-order valence-electron chi connectivity index (χ0n) is 9.88. The number of aliphatic hydroxyl groups is 1. The van der Waals surface area contributed by atoms with E-state index in [4.69, 9.17) is 5.11 Å². The molecule has 0 spiro atoms. The highest BCUT2D eigenvalue weighted by Crippen LogP contribution is 2.10. The summed E-state index contributed by atoms with van der Waals surface area (Å²) >= 11 is 0. The molecule has 0 saturated heterocycles. The Morgan fingerprint density at radius 3 is 2.73 bits per heavy atom. The molecule has 1 atom stereocenters. The van der Waals surface area contributed by atoms with Gasteiger partial charge in [0.05, 0.1) is 0 Å². The van der Waals surface area contributed by atoms with Gasteiger partial charge < -0.3 is 10.4 Å². The van der Waals surface area contributed by atoms with E-state index in [1.807, 2.05) is 6.92 Å². The highest BCUT2D eigenvalue weighted by Gasteiger charge is 2.01. The molecule has 0 aromatic heterocycles. The summed E-state index contributed by atoms with van der Waals surface area (Å²) in [6, 6.07) is 6.50. The zero-order chi connectivity index (χ0) is 11.3. The predicted octanol–water partition coefficient (Wildman–Crippen LogP) is 2.02. The van der Waals surface area contributed by atoms with Gasteiger partial charge in [-0.25, -0.2) is 0 Å². The largest absolute Gasteiger partial charge is 0.396 e. The molecule has 0 heterocycles. The minimum Gasteiger partial charge on any atom is -0.396 e. The van der Waals surface area contributed by atoms with Gasteiger partial charge in [-0.2, -0.15) is 0 Å². The van der Waals surface area contributed by atoms with Crippen LogP contribution in [0.1, 0.15) is 23.6 Å². The van der Waals surface area contributed by atoms with Gasteiger partial charge >= 0.3 is 0 Å². The summed E-state index contributed by atoms with van der Waals surface area (Å²) < 4.78 is 0. The second-order valence-electron chi connectivity index (χ2n) is 4.35. The van der Waals surface area contributed by atoms with E-state index in [1.165, 1.54) is 16.7 Å². The van der Waals surface area contributed by atoms with Gasteiger partial charge in [0, 0.05) is 19.7 Å². The third kappa shape index (κ3) is 4.02. The van der Waals surface area contributed by atoms with Crippen LogP contribution in [0.2, 0.25) is 0 Å². The molecule has 1 aromatic carbocycles. The van der Waals surface area contributed by atoms with E-state index in [0.717, 1.165) is 13.1 Å². The molecule has 1 aromatic rings. The highest BCUT2D eigenvalue weighted by molar-refractivity contribution is 5.30. The van der Waals surface area contributed by atoms with E-state index >= 15 is 0 Å². The lowest BCUT2D eigenvalue weighted by molar-refractivity contribution is 0.233. The Morgan fingerprint density at radius 1 is 1.33 bits per heavy atom. The fourth-order valence-electron chi connectivity index (χ4n) is 1.51. The van der Waals surface area contributed by atoms with Crippen molar-refractivity contribution in [3.63, 3.8) is 0 Å². The maximum atomic E-state index is 8.89. The zero-order valence-corrected chi connectivity index (χ0v) is 9.88. The maximum Gasteiger partial charge on any atom is 0.0468 e. The second kappa shape index (κ2) is 5.89. The van der Waals surface area contributed by atoms with Crippen LogP contribution in [0.15, 0.2) is 18.2 Å². The van der Waals surface area contributed by atoms with Gasteiger partial charge in [0.25, 0.3) is 0 Å². The van der Waals surface area contributed by atoms with Crippen molar-refractivity contribution in [2.75, 3.05) is 13.2 Å². The Balaban J connectivity index is 2.46. The van der Waals surface area contributed by atoms with E-state index in [0.29, 0.717) is 5.92 Å². The first-order valence-corrected chi connectivity index (χ1v) is 5.51. The Bertz CT molecular complexity index is 309. The number of hydrogen-bond acceptors (Lipinski definition) is 2. The average molecular weight is 207 g/mol. The third-order valence-electron chi connectivity index (χ3n) is 2.62. The van der Waals surface area contributed by atoms with Crippen molar-refractivity contribution in [2.24, 2.45) is 5.92 Å². The number of aryl methyl sites for hydroxylation is 2. The molecule has 0 bridgehead atoms. The number of hydrogen-bond donors (Lipinski definition) is 2. The Hall–Kier alpha value is -0.860.